The molecule has 5 nitrogen and oxygen atoms in total. The molecule has 1 amide bonds. The van der Waals surface area contributed by atoms with Crippen molar-refractivity contribution in [2.24, 2.45) is 5.92 Å². The number of carbonyl (C=O) groups is 1. The van der Waals surface area contributed by atoms with Gasteiger partial charge in [-0.15, -0.1) is 0 Å². The fourth-order valence-corrected chi connectivity index (χ4v) is 4.46. The zero-order valence-electron chi connectivity index (χ0n) is 12.6. The Kier molecular flexibility index (Phi) is 5.83. The Bertz CT molecular complexity index is 625. The highest BCUT2D eigenvalue weighted by molar-refractivity contribution is 7.88. The van der Waals surface area contributed by atoms with E-state index in [2.05, 4.69) is 5.32 Å². The van der Waals surface area contributed by atoms with Gasteiger partial charge in [0.05, 0.1) is 5.75 Å². The lowest BCUT2D eigenvalue weighted by atomic mass is 9.98. The SMILES string of the molecule is CC(=O)NCC1CCN(S(=O)(=O)Cc2ccccc2Cl)CC1. The summed E-state index contributed by atoms with van der Waals surface area (Å²) < 4.78 is 26.5. The zero-order valence-corrected chi connectivity index (χ0v) is 14.2. The zero-order chi connectivity index (χ0) is 16.2. The first-order valence-electron chi connectivity index (χ1n) is 7.34. The molecule has 0 unspecified atom stereocenters. The first kappa shape index (κ1) is 17.2. The number of amides is 1. The van der Waals surface area contributed by atoms with Crippen LogP contribution in [-0.4, -0.2) is 38.3 Å². The third-order valence-corrected chi connectivity index (χ3v) is 6.10. The van der Waals surface area contributed by atoms with Crippen molar-refractivity contribution >= 4 is 27.5 Å². The van der Waals surface area contributed by atoms with E-state index in [1.165, 1.54) is 11.2 Å². The van der Waals surface area contributed by atoms with Crippen molar-refractivity contribution in [3.05, 3.63) is 34.9 Å². The molecule has 2 rings (SSSR count). The van der Waals surface area contributed by atoms with Crippen LogP contribution < -0.4 is 5.32 Å². The van der Waals surface area contributed by atoms with Gasteiger partial charge in [0.15, 0.2) is 0 Å². The highest BCUT2D eigenvalue weighted by Crippen LogP contribution is 2.23. The molecule has 0 aromatic heterocycles. The van der Waals surface area contributed by atoms with E-state index in [-0.39, 0.29) is 11.7 Å². The summed E-state index contributed by atoms with van der Waals surface area (Å²) in [6.07, 6.45) is 1.53. The third-order valence-electron chi connectivity index (χ3n) is 3.90. The van der Waals surface area contributed by atoms with Gasteiger partial charge in [-0.25, -0.2) is 12.7 Å². The molecule has 122 valence electrons. The van der Waals surface area contributed by atoms with E-state index in [9.17, 15) is 13.2 Å². The van der Waals surface area contributed by atoms with Crippen molar-refractivity contribution in [2.45, 2.75) is 25.5 Å². The Hall–Kier alpha value is -1.11. The molecule has 1 aromatic rings. The molecule has 22 heavy (non-hydrogen) atoms. The molecule has 7 heteroatoms. The van der Waals surface area contributed by atoms with Crippen LogP contribution in [0.1, 0.15) is 25.3 Å². The number of halogens is 1. The summed E-state index contributed by atoms with van der Waals surface area (Å²) in [5.74, 6) is 0.229. The van der Waals surface area contributed by atoms with E-state index >= 15 is 0 Å². The van der Waals surface area contributed by atoms with Crippen LogP contribution >= 0.6 is 11.6 Å². The summed E-state index contributed by atoms with van der Waals surface area (Å²) in [6.45, 7) is 3.10. The van der Waals surface area contributed by atoms with E-state index in [4.69, 9.17) is 11.6 Å². The Labute approximate surface area is 136 Å². The van der Waals surface area contributed by atoms with Crippen molar-refractivity contribution in [3.63, 3.8) is 0 Å². The number of benzene rings is 1. The number of nitrogens with one attached hydrogen (secondary N) is 1. The number of nitrogens with zero attached hydrogens (tertiary/aromatic N) is 1. The summed E-state index contributed by atoms with van der Waals surface area (Å²) >= 11 is 6.04. The number of hydrogen-bond acceptors (Lipinski definition) is 3. The van der Waals surface area contributed by atoms with Crippen LogP contribution in [0.5, 0.6) is 0 Å². The maximum absolute atomic E-state index is 12.5. The van der Waals surface area contributed by atoms with Crippen LogP contribution in [-0.2, 0) is 20.6 Å². The molecule has 0 radical (unpaired) electrons. The minimum atomic E-state index is -3.35. The second-order valence-electron chi connectivity index (χ2n) is 5.63. The fraction of sp³-hybridized carbons (Fsp3) is 0.533. The normalized spacial score (nSPS) is 17.4. The van der Waals surface area contributed by atoms with Crippen LogP contribution in [0, 0.1) is 5.92 Å². The summed E-state index contributed by atoms with van der Waals surface area (Å²) in [5.41, 5.74) is 0.629. The van der Waals surface area contributed by atoms with E-state index < -0.39 is 10.0 Å². The Balaban J connectivity index is 1.92. The first-order valence-corrected chi connectivity index (χ1v) is 9.33. The molecule has 1 fully saturated rings. The fourth-order valence-electron chi connectivity index (χ4n) is 2.58. The second-order valence-corrected chi connectivity index (χ2v) is 8.00. The standard InChI is InChI=1S/C15H21ClN2O3S/c1-12(19)17-10-13-6-8-18(9-7-13)22(20,21)11-14-4-2-3-5-15(14)16/h2-5,13H,6-11H2,1H3,(H,17,19). The Morgan fingerprint density at radius 2 is 1.95 bits per heavy atom. The Morgan fingerprint density at radius 3 is 2.55 bits per heavy atom. The smallest absolute Gasteiger partial charge is 0.218 e. The number of rotatable bonds is 5. The predicted molar refractivity (Wildman–Crippen MR) is 87.1 cm³/mol. The highest BCUT2D eigenvalue weighted by atomic mass is 35.5. The van der Waals surface area contributed by atoms with E-state index in [0.717, 1.165) is 12.8 Å². The number of hydrogen-bond donors (Lipinski definition) is 1. The maximum Gasteiger partial charge on any atom is 0.218 e. The van der Waals surface area contributed by atoms with E-state index in [0.29, 0.717) is 36.1 Å². The number of piperidine rings is 1. The highest BCUT2D eigenvalue weighted by Gasteiger charge is 2.28. The van der Waals surface area contributed by atoms with Crippen LogP contribution in [0.2, 0.25) is 5.02 Å². The molecule has 1 aromatic carbocycles. The van der Waals surface area contributed by atoms with Crippen molar-refractivity contribution in [1.29, 1.82) is 0 Å². The topological polar surface area (TPSA) is 66.5 Å². The van der Waals surface area contributed by atoms with Gasteiger partial charge in [-0.1, -0.05) is 29.8 Å². The molecule has 1 heterocycles. The largest absolute Gasteiger partial charge is 0.356 e. The molecule has 0 bridgehead atoms. The number of carbonyl (C=O) groups excluding carboxylic acids is 1. The summed E-state index contributed by atoms with van der Waals surface area (Å²) in [4.78, 5) is 10.9. The lowest BCUT2D eigenvalue weighted by Crippen LogP contribution is -2.41. The molecule has 1 N–H and O–H groups in total. The minimum Gasteiger partial charge on any atom is -0.356 e. The molecule has 0 atom stereocenters. The summed E-state index contributed by atoms with van der Waals surface area (Å²) in [6, 6.07) is 7.01. The lowest BCUT2D eigenvalue weighted by Gasteiger charge is -2.31. The second kappa shape index (κ2) is 7.44. The van der Waals surface area contributed by atoms with E-state index in [1.54, 1.807) is 24.3 Å². The monoisotopic (exact) mass is 344 g/mol. The maximum atomic E-state index is 12.5. The van der Waals surface area contributed by atoms with Gasteiger partial charge in [-0.05, 0) is 30.4 Å². The Morgan fingerprint density at radius 1 is 1.32 bits per heavy atom. The van der Waals surface area contributed by atoms with Crippen LogP contribution in [0.15, 0.2) is 24.3 Å². The van der Waals surface area contributed by atoms with Gasteiger partial charge in [0.2, 0.25) is 15.9 Å². The van der Waals surface area contributed by atoms with Crippen molar-refractivity contribution in [2.75, 3.05) is 19.6 Å². The summed E-state index contributed by atoms with van der Waals surface area (Å²) in [7, 11) is -3.35. The lowest BCUT2D eigenvalue weighted by molar-refractivity contribution is -0.119. The van der Waals surface area contributed by atoms with Crippen LogP contribution in [0.3, 0.4) is 0 Å². The predicted octanol–water partition coefficient (Wildman–Crippen LogP) is 2.02. The van der Waals surface area contributed by atoms with Crippen molar-refractivity contribution in [1.82, 2.24) is 9.62 Å². The molecular formula is C15H21ClN2O3S. The third kappa shape index (κ3) is 4.69. The minimum absolute atomic E-state index is 0.0474. The van der Waals surface area contributed by atoms with E-state index in [1.807, 2.05) is 0 Å². The van der Waals surface area contributed by atoms with Gasteiger partial charge in [0, 0.05) is 31.6 Å². The quantitative estimate of drug-likeness (QED) is 0.888. The van der Waals surface area contributed by atoms with Crippen molar-refractivity contribution < 1.29 is 13.2 Å². The van der Waals surface area contributed by atoms with Crippen LogP contribution in [0.25, 0.3) is 0 Å². The molecule has 1 saturated heterocycles. The summed E-state index contributed by atoms with van der Waals surface area (Å²) in [5, 5.41) is 3.27. The van der Waals surface area contributed by atoms with Gasteiger partial charge in [0.1, 0.15) is 0 Å². The molecule has 0 aliphatic carbocycles. The molecule has 1 aliphatic heterocycles. The van der Waals surface area contributed by atoms with Gasteiger partial charge >= 0.3 is 0 Å². The first-order chi connectivity index (χ1) is 10.4. The molecule has 1 aliphatic rings. The molecule has 0 spiro atoms. The molecule has 0 saturated carbocycles. The number of sulfonamides is 1. The van der Waals surface area contributed by atoms with Gasteiger partial charge < -0.3 is 5.32 Å². The molecular weight excluding hydrogens is 324 g/mol. The average Bonchev–Trinajstić information content (AvgIpc) is 2.48. The van der Waals surface area contributed by atoms with Gasteiger partial charge in [-0.2, -0.15) is 0 Å². The van der Waals surface area contributed by atoms with Gasteiger partial charge in [-0.3, -0.25) is 4.79 Å². The van der Waals surface area contributed by atoms with Crippen molar-refractivity contribution in [3.8, 4) is 0 Å². The van der Waals surface area contributed by atoms with Crippen LogP contribution in [0.4, 0.5) is 0 Å². The van der Waals surface area contributed by atoms with Gasteiger partial charge in [0.25, 0.3) is 0 Å². The average molecular weight is 345 g/mol.